The lowest BCUT2D eigenvalue weighted by molar-refractivity contribution is -0.122. The zero-order valence-corrected chi connectivity index (χ0v) is 13.5. The summed E-state index contributed by atoms with van der Waals surface area (Å²) in [5, 5.41) is 0. The van der Waals surface area contributed by atoms with Crippen molar-refractivity contribution in [1.82, 2.24) is 0 Å². The molecule has 0 aromatic heterocycles. The summed E-state index contributed by atoms with van der Waals surface area (Å²) in [4.78, 5) is 27.0. The van der Waals surface area contributed by atoms with E-state index >= 15 is 0 Å². The minimum absolute atomic E-state index is 0.0140. The average Bonchev–Trinajstić information content (AvgIpc) is 3.10. The van der Waals surface area contributed by atoms with Gasteiger partial charge in [0.2, 0.25) is 11.8 Å². The monoisotopic (exact) mass is 317 g/mol. The molecule has 1 saturated carbocycles. The summed E-state index contributed by atoms with van der Waals surface area (Å²) in [5.41, 5.74) is 5.78. The normalized spacial score (nSPS) is 24.8. The van der Waals surface area contributed by atoms with Gasteiger partial charge < -0.3 is 0 Å². The summed E-state index contributed by atoms with van der Waals surface area (Å²) < 4.78 is 0. The molecule has 0 spiro atoms. The van der Waals surface area contributed by atoms with Crippen LogP contribution in [-0.2, 0) is 16.0 Å². The fraction of sp³-hybridized carbons (Fsp3) is 0.333. The van der Waals surface area contributed by atoms with Gasteiger partial charge in [0.05, 0.1) is 17.5 Å². The molecule has 3 nitrogen and oxygen atoms in total. The van der Waals surface area contributed by atoms with Gasteiger partial charge in [-0.15, -0.1) is 0 Å². The Hall–Kier alpha value is -2.42. The second-order valence-corrected chi connectivity index (χ2v) is 7.18. The highest BCUT2D eigenvalue weighted by atomic mass is 16.2. The molecular weight excluding hydrogens is 298 g/mol. The van der Waals surface area contributed by atoms with E-state index in [1.54, 1.807) is 0 Å². The molecule has 24 heavy (non-hydrogen) atoms. The Morgan fingerprint density at radius 3 is 2.21 bits per heavy atom. The first-order valence-electron chi connectivity index (χ1n) is 8.83. The largest absolute Gasteiger partial charge is 0.274 e. The molecule has 120 valence electrons. The smallest absolute Gasteiger partial charge is 0.237 e. The SMILES string of the molecule is O=C1[C@H]2CCCC[C@@H]2C(=O)N1c1ccc2c(c1)Cc1ccccc1-2. The number of carbonyl (C=O) groups excluding carboxylic acids is 2. The quantitative estimate of drug-likeness (QED) is 0.638. The number of fused-ring (bicyclic) bond motifs is 4. The number of nitrogens with zero attached hydrogens (tertiary/aromatic N) is 1. The molecule has 2 amide bonds. The second-order valence-electron chi connectivity index (χ2n) is 7.18. The molecule has 0 unspecified atom stereocenters. The van der Waals surface area contributed by atoms with Crippen LogP contribution in [0.25, 0.3) is 11.1 Å². The minimum atomic E-state index is -0.0864. The van der Waals surface area contributed by atoms with Crippen LogP contribution in [0.2, 0.25) is 0 Å². The number of hydrogen-bond donors (Lipinski definition) is 0. The zero-order valence-electron chi connectivity index (χ0n) is 13.5. The molecule has 5 rings (SSSR count). The number of anilines is 1. The predicted octanol–water partition coefficient (Wildman–Crippen LogP) is 3.94. The van der Waals surface area contributed by atoms with Crippen molar-refractivity contribution in [3.05, 3.63) is 53.6 Å². The maximum atomic E-state index is 12.8. The van der Waals surface area contributed by atoms with Crippen molar-refractivity contribution in [2.24, 2.45) is 11.8 Å². The number of amides is 2. The van der Waals surface area contributed by atoms with Gasteiger partial charge in [-0.3, -0.25) is 14.5 Å². The third-order valence-corrected chi connectivity index (χ3v) is 5.88. The first-order valence-corrected chi connectivity index (χ1v) is 8.83. The zero-order chi connectivity index (χ0) is 16.3. The van der Waals surface area contributed by atoms with Crippen LogP contribution >= 0.6 is 0 Å². The number of benzene rings is 2. The molecule has 1 aliphatic heterocycles. The van der Waals surface area contributed by atoms with E-state index in [-0.39, 0.29) is 23.7 Å². The van der Waals surface area contributed by atoms with E-state index in [0.717, 1.165) is 37.8 Å². The molecule has 3 heteroatoms. The third-order valence-electron chi connectivity index (χ3n) is 5.88. The number of rotatable bonds is 1. The van der Waals surface area contributed by atoms with E-state index in [1.165, 1.54) is 27.2 Å². The third kappa shape index (κ3) is 1.84. The molecule has 0 radical (unpaired) electrons. The highest BCUT2D eigenvalue weighted by molar-refractivity contribution is 6.22. The van der Waals surface area contributed by atoms with Gasteiger partial charge in [0.1, 0.15) is 0 Å². The molecule has 2 atom stereocenters. The summed E-state index contributed by atoms with van der Waals surface area (Å²) in [6.45, 7) is 0. The van der Waals surface area contributed by atoms with E-state index in [1.807, 2.05) is 12.1 Å². The molecular formula is C21H19NO2. The van der Waals surface area contributed by atoms with E-state index in [9.17, 15) is 9.59 Å². The van der Waals surface area contributed by atoms with Crippen molar-refractivity contribution >= 4 is 17.5 Å². The van der Waals surface area contributed by atoms with Crippen molar-refractivity contribution in [2.75, 3.05) is 4.90 Å². The van der Waals surface area contributed by atoms with Crippen molar-refractivity contribution in [1.29, 1.82) is 0 Å². The van der Waals surface area contributed by atoms with Crippen molar-refractivity contribution in [3.63, 3.8) is 0 Å². The highest BCUT2D eigenvalue weighted by Crippen LogP contribution is 2.42. The topological polar surface area (TPSA) is 37.4 Å². The summed E-state index contributed by atoms with van der Waals surface area (Å²) in [7, 11) is 0. The average molecular weight is 317 g/mol. The molecule has 0 N–H and O–H groups in total. The van der Waals surface area contributed by atoms with Gasteiger partial charge in [-0.2, -0.15) is 0 Å². The van der Waals surface area contributed by atoms with Crippen LogP contribution in [0.5, 0.6) is 0 Å². The van der Waals surface area contributed by atoms with Gasteiger partial charge in [0.15, 0.2) is 0 Å². The molecule has 2 aromatic carbocycles. The number of carbonyl (C=O) groups is 2. The predicted molar refractivity (Wildman–Crippen MR) is 92.6 cm³/mol. The van der Waals surface area contributed by atoms with E-state index in [0.29, 0.717) is 0 Å². The molecule has 2 fully saturated rings. The Balaban J connectivity index is 1.54. The maximum absolute atomic E-state index is 12.8. The van der Waals surface area contributed by atoms with Crippen LogP contribution < -0.4 is 4.90 Å². The van der Waals surface area contributed by atoms with Crippen LogP contribution in [-0.4, -0.2) is 11.8 Å². The van der Waals surface area contributed by atoms with Crippen molar-refractivity contribution < 1.29 is 9.59 Å². The van der Waals surface area contributed by atoms with Crippen LogP contribution in [0.4, 0.5) is 5.69 Å². The Bertz CT molecular complexity index is 846. The second kappa shape index (κ2) is 5.04. The van der Waals surface area contributed by atoms with E-state index in [2.05, 4.69) is 30.3 Å². The van der Waals surface area contributed by atoms with Crippen LogP contribution in [0, 0.1) is 11.8 Å². The van der Waals surface area contributed by atoms with Crippen molar-refractivity contribution in [2.45, 2.75) is 32.1 Å². The lowest BCUT2D eigenvalue weighted by atomic mass is 9.81. The molecule has 1 heterocycles. The summed E-state index contributed by atoms with van der Waals surface area (Å²) in [6.07, 6.45) is 4.73. The number of imide groups is 1. The van der Waals surface area contributed by atoms with Gasteiger partial charge in [-0.25, -0.2) is 0 Å². The van der Waals surface area contributed by atoms with Gasteiger partial charge in [-0.05, 0) is 53.6 Å². The highest BCUT2D eigenvalue weighted by Gasteiger charge is 2.48. The maximum Gasteiger partial charge on any atom is 0.237 e. The molecule has 0 bridgehead atoms. The fourth-order valence-corrected chi connectivity index (χ4v) is 4.69. The molecule has 3 aliphatic rings. The van der Waals surface area contributed by atoms with Crippen LogP contribution in [0.3, 0.4) is 0 Å². The molecule has 1 saturated heterocycles. The Labute approximate surface area is 141 Å². The van der Waals surface area contributed by atoms with Crippen LogP contribution in [0.15, 0.2) is 42.5 Å². The van der Waals surface area contributed by atoms with Gasteiger partial charge in [0, 0.05) is 0 Å². The van der Waals surface area contributed by atoms with E-state index in [4.69, 9.17) is 0 Å². The standard InChI is InChI=1S/C21H19NO2/c23-20-18-7-3-4-8-19(18)21(24)22(20)15-9-10-17-14(12-15)11-13-5-1-2-6-16(13)17/h1-2,5-6,9-10,12,18-19H,3-4,7-8,11H2/t18-,19-/m0/s1. The summed E-state index contributed by atoms with van der Waals surface area (Å²) in [6, 6.07) is 14.5. The summed E-state index contributed by atoms with van der Waals surface area (Å²) in [5.74, 6) is -0.145. The first kappa shape index (κ1) is 14.0. The molecule has 2 aromatic rings. The van der Waals surface area contributed by atoms with Gasteiger partial charge in [0.25, 0.3) is 0 Å². The van der Waals surface area contributed by atoms with E-state index < -0.39 is 0 Å². The fourth-order valence-electron chi connectivity index (χ4n) is 4.69. The van der Waals surface area contributed by atoms with Crippen molar-refractivity contribution in [3.8, 4) is 11.1 Å². The number of hydrogen-bond acceptors (Lipinski definition) is 2. The van der Waals surface area contributed by atoms with Crippen LogP contribution in [0.1, 0.15) is 36.8 Å². The lowest BCUT2D eigenvalue weighted by Crippen LogP contribution is -2.30. The lowest BCUT2D eigenvalue weighted by Gasteiger charge is -2.19. The van der Waals surface area contributed by atoms with Gasteiger partial charge in [-0.1, -0.05) is 43.2 Å². The van der Waals surface area contributed by atoms with Gasteiger partial charge >= 0.3 is 0 Å². The Kier molecular flexibility index (Phi) is 2.93. The summed E-state index contributed by atoms with van der Waals surface area (Å²) >= 11 is 0. The minimum Gasteiger partial charge on any atom is -0.274 e. The Morgan fingerprint density at radius 1 is 0.792 bits per heavy atom. The first-order chi connectivity index (χ1) is 11.7. The molecule has 2 aliphatic carbocycles. The Morgan fingerprint density at radius 2 is 1.46 bits per heavy atom.